The van der Waals surface area contributed by atoms with Crippen molar-refractivity contribution in [2.45, 2.75) is 59.8 Å². The Morgan fingerprint density at radius 2 is 0.723 bits per heavy atom. The summed E-state index contributed by atoms with van der Waals surface area (Å²) in [4.78, 5) is 0. The lowest BCUT2D eigenvalue weighted by Crippen LogP contribution is -2.18. The number of hydrogen-bond acceptors (Lipinski definition) is 2. The van der Waals surface area contributed by atoms with Crippen molar-refractivity contribution in [2.75, 3.05) is 0 Å². The second-order valence-corrected chi connectivity index (χ2v) is 13.6. The highest BCUT2D eigenvalue weighted by Crippen LogP contribution is 2.46. The third-order valence-corrected chi connectivity index (χ3v) is 9.84. The van der Waals surface area contributed by atoms with E-state index in [0.29, 0.717) is 11.5 Å². The quantitative estimate of drug-likeness (QED) is 0.179. The summed E-state index contributed by atoms with van der Waals surface area (Å²) in [5, 5.41) is 23.5. The minimum absolute atomic E-state index is 0.216. The summed E-state index contributed by atoms with van der Waals surface area (Å²) in [6.45, 7) is 13.0. The third-order valence-electron chi connectivity index (χ3n) is 9.84. The zero-order valence-electron chi connectivity index (χ0n) is 28.4. The van der Waals surface area contributed by atoms with E-state index in [2.05, 4.69) is 114 Å². The summed E-state index contributed by atoms with van der Waals surface area (Å²) >= 11 is 0. The highest BCUT2D eigenvalue weighted by Gasteiger charge is 2.26. The van der Waals surface area contributed by atoms with E-state index in [1.165, 1.54) is 11.1 Å². The number of hydrogen-bond donors (Lipinski definition) is 2. The molecule has 2 heteroatoms. The molecular weight excluding hydrogens is 572 g/mol. The first-order valence-corrected chi connectivity index (χ1v) is 16.5. The molecule has 0 atom stereocenters. The van der Waals surface area contributed by atoms with Gasteiger partial charge in [-0.05, 0) is 126 Å². The van der Waals surface area contributed by atoms with Crippen LogP contribution in [0.15, 0.2) is 121 Å². The molecule has 2 N–H and O–H groups in total. The maximum Gasteiger partial charge on any atom is 0.131 e. The Morgan fingerprint density at radius 3 is 1.04 bits per heavy atom. The maximum atomic E-state index is 11.8. The van der Waals surface area contributed by atoms with Crippen LogP contribution >= 0.6 is 0 Å². The van der Waals surface area contributed by atoms with E-state index >= 15 is 0 Å². The maximum absolute atomic E-state index is 11.8. The van der Waals surface area contributed by atoms with E-state index in [1.54, 1.807) is 0 Å². The average molecular weight is 617 g/mol. The molecule has 0 amide bonds. The summed E-state index contributed by atoms with van der Waals surface area (Å²) in [6, 6.07) is 41.8. The van der Waals surface area contributed by atoms with Crippen LogP contribution in [0.1, 0.15) is 53.6 Å². The predicted molar refractivity (Wildman–Crippen MR) is 198 cm³/mol. The first-order valence-electron chi connectivity index (χ1n) is 16.5. The van der Waals surface area contributed by atoms with Gasteiger partial charge < -0.3 is 10.2 Å². The van der Waals surface area contributed by atoms with Crippen LogP contribution < -0.4 is 0 Å². The summed E-state index contributed by atoms with van der Waals surface area (Å²) in [6.07, 6.45) is 1.70. The van der Waals surface area contributed by atoms with E-state index in [1.807, 2.05) is 48.5 Å². The van der Waals surface area contributed by atoms with Gasteiger partial charge in [-0.1, -0.05) is 111 Å². The van der Waals surface area contributed by atoms with Gasteiger partial charge in [0.2, 0.25) is 0 Å². The summed E-state index contributed by atoms with van der Waals surface area (Å²) in [5.74, 6) is 0.637. The van der Waals surface area contributed by atoms with Crippen molar-refractivity contribution < 1.29 is 10.2 Å². The Morgan fingerprint density at radius 1 is 0.426 bits per heavy atom. The molecule has 47 heavy (non-hydrogen) atoms. The Labute approximate surface area is 280 Å². The summed E-state index contributed by atoms with van der Waals surface area (Å²) < 4.78 is 0. The van der Waals surface area contributed by atoms with Crippen molar-refractivity contribution >= 4 is 0 Å². The number of benzene rings is 6. The fourth-order valence-corrected chi connectivity index (χ4v) is 6.79. The molecule has 0 aromatic heterocycles. The smallest absolute Gasteiger partial charge is 0.131 e. The van der Waals surface area contributed by atoms with Gasteiger partial charge >= 0.3 is 0 Å². The Bertz CT molecular complexity index is 1950. The summed E-state index contributed by atoms with van der Waals surface area (Å²) in [7, 11) is 0. The molecule has 0 radical (unpaired) electrons. The molecule has 0 saturated carbocycles. The first-order chi connectivity index (χ1) is 22.5. The third kappa shape index (κ3) is 6.33. The van der Waals surface area contributed by atoms with E-state index < -0.39 is 0 Å². The minimum atomic E-state index is -0.216. The molecule has 236 valence electrons. The molecule has 0 aliphatic rings. The first kappa shape index (κ1) is 31.9. The van der Waals surface area contributed by atoms with Crippen LogP contribution in [0, 0.1) is 27.7 Å². The van der Waals surface area contributed by atoms with Crippen molar-refractivity contribution in [3.8, 4) is 56.0 Å². The molecule has 6 rings (SSSR count). The van der Waals surface area contributed by atoms with Crippen molar-refractivity contribution in [2.24, 2.45) is 0 Å². The van der Waals surface area contributed by atoms with Gasteiger partial charge in [0.15, 0.2) is 0 Å². The number of rotatable bonds is 8. The van der Waals surface area contributed by atoms with Gasteiger partial charge in [0.25, 0.3) is 0 Å². The molecule has 0 saturated heterocycles. The molecule has 0 aliphatic heterocycles. The van der Waals surface area contributed by atoms with Gasteiger partial charge in [-0.2, -0.15) is 0 Å². The molecule has 0 heterocycles. The lowest BCUT2D eigenvalue weighted by Gasteiger charge is -2.28. The minimum Gasteiger partial charge on any atom is -0.507 e. The number of phenolic OH excluding ortho intramolecular Hbond substituents is 2. The van der Waals surface area contributed by atoms with Crippen LogP contribution in [0.2, 0.25) is 0 Å². The van der Waals surface area contributed by atoms with Gasteiger partial charge in [-0.15, -0.1) is 0 Å². The molecule has 6 aromatic rings. The normalized spacial score (nSPS) is 11.5. The standard InChI is InChI=1S/C45H44O2/c1-29-15-7-11-19-35(29)39-25-33(26-40(43(39)46)36-20-12-8-16-30(36)2)23-24-45(5,6)34-27-41(37-21-13-9-17-31(37)3)44(47)42(28-34)38-22-14-10-18-32(38)4/h7-22,25-28,46-47H,23-24H2,1-6H3. The second-order valence-electron chi connectivity index (χ2n) is 13.6. The molecule has 2 nitrogen and oxygen atoms in total. The van der Waals surface area contributed by atoms with Gasteiger partial charge in [0.05, 0.1) is 0 Å². The summed E-state index contributed by atoms with van der Waals surface area (Å²) in [5.41, 5.74) is 14.3. The molecule has 6 aromatic carbocycles. The topological polar surface area (TPSA) is 40.5 Å². The molecule has 0 spiro atoms. The highest BCUT2D eigenvalue weighted by molar-refractivity contribution is 5.86. The number of phenols is 2. The highest BCUT2D eigenvalue weighted by atomic mass is 16.3. The van der Waals surface area contributed by atoms with E-state index in [0.717, 1.165) is 79.6 Å². The fraction of sp³-hybridized carbons (Fsp3) is 0.200. The van der Waals surface area contributed by atoms with Gasteiger partial charge in [-0.3, -0.25) is 0 Å². The Hall–Kier alpha value is -5.08. The van der Waals surface area contributed by atoms with Crippen LogP contribution in [0.4, 0.5) is 0 Å². The largest absolute Gasteiger partial charge is 0.507 e. The van der Waals surface area contributed by atoms with E-state index in [4.69, 9.17) is 0 Å². The number of aryl methyl sites for hydroxylation is 5. The molecule has 0 fully saturated rings. The van der Waals surface area contributed by atoms with Crippen LogP contribution in [-0.4, -0.2) is 10.2 Å². The van der Waals surface area contributed by atoms with Crippen LogP contribution in [0.25, 0.3) is 44.5 Å². The fourth-order valence-electron chi connectivity index (χ4n) is 6.79. The van der Waals surface area contributed by atoms with Gasteiger partial charge in [-0.25, -0.2) is 0 Å². The van der Waals surface area contributed by atoms with E-state index in [-0.39, 0.29) is 5.41 Å². The predicted octanol–water partition coefficient (Wildman–Crippen LogP) is 11.9. The van der Waals surface area contributed by atoms with Crippen LogP contribution in [0.3, 0.4) is 0 Å². The van der Waals surface area contributed by atoms with E-state index in [9.17, 15) is 10.2 Å². The molecule has 0 unspecified atom stereocenters. The molecular formula is C45H44O2. The lowest BCUT2D eigenvalue weighted by molar-refractivity contribution is 0.468. The lowest BCUT2D eigenvalue weighted by atomic mass is 9.76. The van der Waals surface area contributed by atoms with Crippen molar-refractivity contribution in [3.63, 3.8) is 0 Å². The van der Waals surface area contributed by atoms with Crippen LogP contribution in [0.5, 0.6) is 11.5 Å². The van der Waals surface area contributed by atoms with Crippen molar-refractivity contribution in [1.29, 1.82) is 0 Å². The zero-order chi connectivity index (χ0) is 33.3. The molecule has 0 aliphatic carbocycles. The zero-order valence-corrected chi connectivity index (χ0v) is 28.4. The number of aromatic hydroxyl groups is 2. The van der Waals surface area contributed by atoms with Crippen molar-refractivity contribution in [1.82, 2.24) is 0 Å². The Balaban J connectivity index is 1.45. The van der Waals surface area contributed by atoms with Gasteiger partial charge in [0.1, 0.15) is 11.5 Å². The van der Waals surface area contributed by atoms with Crippen LogP contribution in [-0.2, 0) is 11.8 Å². The second kappa shape index (κ2) is 13.0. The SMILES string of the molecule is Cc1ccccc1-c1cc(CCC(C)(C)c2cc(-c3ccccc3C)c(O)c(-c3ccccc3C)c2)cc(-c2ccccc2C)c1O. The monoisotopic (exact) mass is 616 g/mol. The Kier molecular flexibility index (Phi) is 8.80. The van der Waals surface area contributed by atoms with Gasteiger partial charge in [0, 0.05) is 22.3 Å². The average Bonchev–Trinajstić information content (AvgIpc) is 3.06. The molecule has 0 bridgehead atoms. The van der Waals surface area contributed by atoms with Crippen molar-refractivity contribution in [3.05, 3.63) is 155 Å².